The molecule has 0 spiro atoms. The molecule has 0 radical (unpaired) electrons. The molecule has 0 aromatic carbocycles. The predicted molar refractivity (Wildman–Crippen MR) is 80.3 cm³/mol. The van der Waals surface area contributed by atoms with Gasteiger partial charge in [-0.25, -0.2) is 4.98 Å². The summed E-state index contributed by atoms with van der Waals surface area (Å²) in [5, 5.41) is 0.589. The maximum Gasteiger partial charge on any atom is 0.255 e. The van der Waals surface area contributed by atoms with Gasteiger partial charge in [0.1, 0.15) is 5.15 Å². The molecule has 1 aliphatic heterocycles. The molecule has 2 heterocycles. The number of aromatic nitrogens is 1. The van der Waals surface area contributed by atoms with Crippen molar-refractivity contribution in [1.29, 1.82) is 0 Å². The summed E-state index contributed by atoms with van der Waals surface area (Å²) >= 11 is 11.8. The minimum absolute atomic E-state index is 0.0467. The first-order chi connectivity index (χ1) is 9.66. The van der Waals surface area contributed by atoms with E-state index >= 15 is 0 Å². The van der Waals surface area contributed by atoms with Gasteiger partial charge >= 0.3 is 0 Å². The largest absolute Gasteiger partial charge is 0.335 e. The van der Waals surface area contributed by atoms with Gasteiger partial charge in [0.15, 0.2) is 0 Å². The lowest BCUT2D eigenvalue weighted by Gasteiger charge is -2.29. The Morgan fingerprint density at radius 3 is 2.65 bits per heavy atom. The van der Waals surface area contributed by atoms with Crippen LogP contribution < -0.4 is 0 Å². The second-order valence-corrected chi connectivity index (χ2v) is 6.51. The number of amides is 1. The van der Waals surface area contributed by atoms with Gasteiger partial charge in [-0.05, 0) is 37.7 Å². The number of carbonyl (C=O) groups excluding carboxylic acids is 1. The van der Waals surface area contributed by atoms with Crippen LogP contribution in [-0.4, -0.2) is 28.4 Å². The fraction of sp³-hybridized carbons (Fsp3) is 0.600. The lowest BCUT2D eigenvalue weighted by atomic mass is 9.95. The molecule has 2 aliphatic rings. The van der Waals surface area contributed by atoms with Crippen LogP contribution in [0.4, 0.5) is 0 Å². The van der Waals surface area contributed by atoms with Crippen LogP contribution in [0.1, 0.15) is 48.9 Å². The van der Waals surface area contributed by atoms with Crippen LogP contribution in [0.2, 0.25) is 10.2 Å². The van der Waals surface area contributed by atoms with Crippen molar-refractivity contribution in [2.24, 2.45) is 5.92 Å². The van der Waals surface area contributed by atoms with Gasteiger partial charge < -0.3 is 4.90 Å². The first-order valence-electron chi connectivity index (χ1n) is 7.29. The molecule has 1 atom stereocenters. The minimum atomic E-state index is 0.0467. The number of hydrogen-bond acceptors (Lipinski definition) is 2. The molecule has 5 heteroatoms. The third kappa shape index (κ3) is 2.66. The predicted octanol–water partition coefficient (Wildman–Crippen LogP) is 4.18. The van der Waals surface area contributed by atoms with Gasteiger partial charge in [-0.3, -0.25) is 4.79 Å². The lowest BCUT2D eigenvalue weighted by Crippen LogP contribution is -2.39. The highest BCUT2D eigenvalue weighted by Crippen LogP contribution is 2.36. The number of nitrogens with zero attached hydrogens (tertiary/aromatic N) is 2. The van der Waals surface area contributed by atoms with Gasteiger partial charge in [0.05, 0.1) is 10.6 Å². The molecule has 0 N–H and O–H groups in total. The van der Waals surface area contributed by atoms with Crippen molar-refractivity contribution in [3.05, 3.63) is 28.0 Å². The molecular formula is C15H18Cl2N2O. The van der Waals surface area contributed by atoms with Crippen LogP contribution in [0, 0.1) is 5.92 Å². The molecule has 1 amide bonds. The van der Waals surface area contributed by atoms with Crippen LogP contribution in [0.25, 0.3) is 0 Å². The Balaban J connectivity index is 1.79. The van der Waals surface area contributed by atoms with E-state index < -0.39 is 0 Å². The third-order valence-electron chi connectivity index (χ3n) is 4.55. The normalized spacial score (nSPS) is 23.5. The molecule has 1 saturated carbocycles. The second kappa shape index (κ2) is 5.90. The highest BCUT2D eigenvalue weighted by molar-refractivity contribution is 6.41. The van der Waals surface area contributed by atoms with Gasteiger partial charge in [-0.15, -0.1) is 0 Å². The quantitative estimate of drug-likeness (QED) is 0.767. The molecule has 108 valence electrons. The summed E-state index contributed by atoms with van der Waals surface area (Å²) in [7, 11) is 0. The molecule has 1 aromatic rings. The second-order valence-electron chi connectivity index (χ2n) is 5.75. The van der Waals surface area contributed by atoms with Crippen molar-refractivity contribution in [2.45, 2.75) is 44.6 Å². The first kappa shape index (κ1) is 14.2. The Bertz CT molecular complexity index is 515. The molecule has 1 saturated heterocycles. The minimum Gasteiger partial charge on any atom is -0.335 e. The Morgan fingerprint density at radius 1 is 1.20 bits per heavy atom. The van der Waals surface area contributed by atoms with Gasteiger partial charge in [0.25, 0.3) is 5.91 Å². The van der Waals surface area contributed by atoms with E-state index in [1.807, 2.05) is 4.90 Å². The van der Waals surface area contributed by atoms with E-state index in [0.29, 0.717) is 22.5 Å². The summed E-state index contributed by atoms with van der Waals surface area (Å²) in [6.07, 6.45) is 8.88. The van der Waals surface area contributed by atoms with Gasteiger partial charge in [-0.2, -0.15) is 0 Å². The molecule has 1 aromatic heterocycles. The van der Waals surface area contributed by atoms with E-state index in [-0.39, 0.29) is 11.1 Å². The van der Waals surface area contributed by atoms with Gasteiger partial charge in [0, 0.05) is 18.8 Å². The number of hydrogen-bond donors (Lipinski definition) is 0. The Kier molecular flexibility index (Phi) is 4.18. The number of pyridine rings is 1. The maximum absolute atomic E-state index is 12.7. The smallest absolute Gasteiger partial charge is 0.255 e. The molecule has 0 bridgehead atoms. The monoisotopic (exact) mass is 312 g/mol. The van der Waals surface area contributed by atoms with Gasteiger partial charge in [-0.1, -0.05) is 36.0 Å². The van der Waals surface area contributed by atoms with Crippen molar-refractivity contribution in [1.82, 2.24) is 9.88 Å². The van der Waals surface area contributed by atoms with Gasteiger partial charge in [0.2, 0.25) is 0 Å². The highest BCUT2D eigenvalue weighted by Gasteiger charge is 2.36. The highest BCUT2D eigenvalue weighted by atomic mass is 35.5. The Labute approximate surface area is 129 Å². The van der Waals surface area contributed by atoms with E-state index in [4.69, 9.17) is 23.2 Å². The maximum atomic E-state index is 12.7. The molecule has 1 aliphatic carbocycles. The van der Waals surface area contributed by atoms with Crippen molar-refractivity contribution < 1.29 is 4.79 Å². The zero-order valence-corrected chi connectivity index (χ0v) is 12.8. The Morgan fingerprint density at radius 2 is 1.95 bits per heavy atom. The van der Waals surface area contributed by atoms with Crippen LogP contribution in [0.5, 0.6) is 0 Å². The number of rotatable bonds is 2. The third-order valence-corrected chi connectivity index (χ3v) is 5.23. The van der Waals surface area contributed by atoms with E-state index in [2.05, 4.69) is 4.98 Å². The zero-order valence-electron chi connectivity index (χ0n) is 11.3. The summed E-state index contributed by atoms with van der Waals surface area (Å²) in [6.45, 7) is 0.847. The van der Waals surface area contributed by atoms with E-state index in [0.717, 1.165) is 19.4 Å². The molecule has 3 rings (SSSR count). The molecule has 1 unspecified atom stereocenters. The van der Waals surface area contributed by atoms with Crippen molar-refractivity contribution in [2.75, 3.05) is 6.54 Å². The fourth-order valence-corrected chi connectivity index (χ4v) is 3.85. The summed E-state index contributed by atoms with van der Waals surface area (Å²) in [4.78, 5) is 18.7. The molecule has 3 nitrogen and oxygen atoms in total. The van der Waals surface area contributed by atoms with Crippen molar-refractivity contribution >= 4 is 29.1 Å². The SMILES string of the molecule is O=C(c1cnc(Cl)c(Cl)c1)N1CCCC1C1CCCC1. The molecule has 2 fully saturated rings. The van der Waals surface area contributed by atoms with Crippen molar-refractivity contribution in [3.8, 4) is 0 Å². The molecule has 20 heavy (non-hydrogen) atoms. The zero-order chi connectivity index (χ0) is 14.1. The fourth-order valence-electron chi connectivity index (χ4n) is 3.58. The number of carbonyl (C=O) groups is 1. The summed E-state index contributed by atoms with van der Waals surface area (Å²) in [5.41, 5.74) is 0.546. The topological polar surface area (TPSA) is 33.2 Å². The van der Waals surface area contributed by atoms with Crippen LogP contribution in [-0.2, 0) is 0 Å². The summed E-state index contributed by atoms with van der Waals surface area (Å²) in [5.74, 6) is 0.725. The summed E-state index contributed by atoms with van der Waals surface area (Å²) in [6, 6.07) is 2.03. The summed E-state index contributed by atoms with van der Waals surface area (Å²) < 4.78 is 0. The molecular weight excluding hydrogens is 295 g/mol. The Hall–Kier alpha value is -0.800. The van der Waals surface area contributed by atoms with E-state index in [1.54, 1.807) is 6.07 Å². The van der Waals surface area contributed by atoms with Crippen LogP contribution >= 0.6 is 23.2 Å². The van der Waals surface area contributed by atoms with E-state index in [9.17, 15) is 4.79 Å². The first-order valence-corrected chi connectivity index (χ1v) is 8.04. The average molecular weight is 313 g/mol. The average Bonchev–Trinajstić information content (AvgIpc) is 3.10. The van der Waals surface area contributed by atoms with Crippen LogP contribution in [0.15, 0.2) is 12.3 Å². The lowest BCUT2D eigenvalue weighted by molar-refractivity contribution is 0.0688. The number of likely N-dealkylation sites (tertiary alicyclic amines) is 1. The van der Waals surface area contributed by atoms with Crippen molar-refractivity contribution in [3.63, 3.8) is 0 Å². The standard InChI is InChI=1S/C15H18Cl2N2O/c16-12-8-11(9-18-14(12)17)15(20)19-7-3-6-13(19)10-4-1-2-5-10/h8-10,13H,1-7H2. The van der Waals surface area contributed by atoms with Crippen LogP contribution in [0.3, 0.4) is 0 Å². The number of halogens is 2. The van der Waals surface area contributed by atoms with E-state index in [1.165, 1.54) is 31.9 Å².